The second-order valence-corrected chi connectivity index (χ2v) is 7.16. The molecular weight excluding hydrogens is 437 g/mol. The highest BCUT2D eigenvalue weighted by molar-refractivity contribution is 5.86. The molecule has 9 heteroatoms. The largest absolute Gasteiger partial charge is 0.482 e. The van der Waals surface area contributed by atoms with Crippen molar-refractivity contribution >= 4 is 43.2 Å². The lowest BCUT2D eigenvalue weighted by Crippen LogP contribution is -2.53. The van der Waals surface area contributed by atoms with Gasteiger partial charge in [-0.3, -0.25) is 9.80 Å². The lowest BCUT2D eigenvalue weighted by Gasteiger charge is -2.42. The molecule has 0 spiro atoms. The van der Waals surface area contributed by atoms with Crippen molar-refractivity contribution in [3.63, 3.8) is 0 Å². The van der Waals surface area contributed by atoms with Gasteiger partial charge in [0.2, 0.25) is 0 Å². The van der Waals surface area contributed by atoms with Gasteiger partial charge in [0.25, 0.3) is 0 Å². The molecule has 2 saturated heterocycles. The highest BCUT2D eigenvalue weighted by Gasteiger charge is 2.27. The third kappa shape index (κ3) is 8.12. The summed E-state index contributed by atoms with van der Waals surface area (Å²) in [7, 11) is 1.36. The Labute approximate surface area is 192 Å². The van der Waals surface area contributed by atoms with Gasteiger partial charge in [-0.05, 0) is 50.6 Å². The molecule has 1 aromatic carbocycles. The highest BCUT2D eigenvalue weighted by Crippen LogP contribution is 2.25. The van der Waals surface area contributed by atoms with Crippen LogP contribution in [0.3, 0.4) is 0 Å². The van der Waals surface area contributed by atoms with E-state index in [9.17, 15) is 4.79 Å². The van der Waals surface area contributed by atoms with Gasteiger partial charge in [0, 0.05) is 38.3 Å². The summed E-state index contributed by atoms with van der Waals surface area (Å²) in [5, 5.41) is 3.45. The summed E-state index contributed by atoms with van der Waals surface area (Å²) in [6.07, 6.45) is 2.56. The number of nitrogens with zero attached hydrogens (tertiary/aromatic N) is 2. The fourth-order valence-electron chi connectivity index (χ4n) is 3.92. The number of carbonyl (C=O) groups is 1. The summed E-state index contributed by atoms with van der Waals surface area (Å²) in [5.74, 6) is 0.330. The molecule has 2 aliphatic heterocycles. The molecule has 3 rings (SSSR count). The number of halogens is 3. The van der Waals surface area contributed by atoms with Gasteiger partial charge in [-0.2, -0.15) is 0 Å². The third-order valence-corrected chi connectivity index (χ3v) is 5.67. The number of piperidine rings is 1. The monoisotopic (exact) mass is 469 g/mol. The van der Waals surface area contributed by atoms with E-state index in [0.717, 1.165) is 45.3 Å². The Hall–Kier alpha value is -0.760. The number of esters is 1. The molecule has 1 unspecified atom stereocenters. The Morgan fingerprint density at radius 1 is 1.07 bits per heavy atom. The lowest BCUT2D eigenvalue weighted by atomic mass is 10.0. The predicted molar refractivity (Wildman–Crippen MR) is 123 cm³/mol. The number of carbonyl (C=O) groups excluding carboxylic acids is 1. The minimum atomic E-state index is -0.367. The molecule has 0 radical (unpaired) electrons. The summed E-state index contributed by atoms with van der Waals surface area (Å²) in [4.78, 5) is 16.4. The van der Waals surface area contributed by atoms with E-state index in [1.807, 2.05) is 12.1 Å². The van der Waals surface area contributed by atoms with E-state index >= 15 is 0 Å². The molecule has 0 amide bonds. The standard InChI is InChI=1S/C20H31N3O3.3ClH/c1-16(17-3-5-19(6-4-17)26-15-20(24)25-2)22-11-13-23(14-12-22)18-7-9-21-10-8-18;;;/h3-6,16,18,21H,7-15H2,1-2H3;3*1H. The van der Waals surface area contributed by atoms with Crippen LogP contribution < -0.4 is 10.1 Å². The fourth-order valence-corrected chi connectivity index (χ4v) is 3.92. The zero-order valence-corrected chi connectivity index (χ0v) is 19.6. The number of ether oxygens (including phenoxy) is 2. The zero-order valence-electron chi connectivity index (χ0n) is 17.2. The van der Waals surface area contributed by atoms with Crippen LogP contribution in [0.4, 0.5) is 0 Å². The fraction of sp³-hybridized carbons (Fsp3) is 0.650. The summed E-state index contributed by atoms with van der Waals surface area (Å²) >= 11 is 0. The average Bonchev–Trinajstić information content (AvgIpc) is 2.72. The van der Waals surface area contributed by atoms with Crippen LogP contribution in [0.5, 0.6) is 5.75 Å². The molecular formula is C20H34Cl3N3O3. The van der Waals surface area contributed by atoms with E-state index in [1.165, 1.54) is 25.5 Å². The maximum absolute atomic E-state index is 11.1. The number of piperazine rings is 1. The molecule has 2 fully saturated rings. The lowest BCUT2D eigenvalue weighted by molar-refractivity contribution is -0.142. The first-order valence-corrected chi connectivity index (χ1v) is 9.66. The molecule has 1 aromatic rings. The van der Waals surface area contributed by atoms with Gasteiger partial charge in [0.15, 0.2) is 6.61 Å². The van der Waals surface area contributed by atoms with E-state index in [1.54, 1.807) is 0 Å². The molecule has 6 nitrogen and oxygen atoms in total. The summed E-state index contributed by atoms with van der Waals surface area (Å²) in [6.45, 7) is 9.09. The topological polar surface area (TPSA) is 54.0 Å². The molecule has 0 saturated carbocycles. The van der Waals surface area contributed by atoms with E-state index < -0.39 is 0 Å². The Bertz CT molecular complexity index is 578. The number of rotatable bonds is 6. The van der Waals surface area contributed by atoms with Gasteiger partial charge in [0.05, 0.1) is 7.11 Å². The normalized spacial score (nSPS) is 19.1. The maximum atomic E-state index is 11.1. The van der Waals surface area contributed by atoms with Gasteiger partial charge >= 0.3 is 5.97 Å². The van der Waals surface area contributed by atoms with Crippen molar-refractivity contribution in [2.24, 2.45) is 0 Å². The number of hydrogen-bond donors (Lipinski definition) is 1. The van der Waals surface area contributed by atoms with Crippen LogP contribution in [-0.4, -0.2) is 74.8 Å². The Kier molecular flexibility index (Phi) is 13.9. The smallest absolute Gasteiger partial charge is 0.343 e. The SMILES string of the molecule is COC(=O)COc1ccc(C(C)N2CCN(C3CCNCC3)CC2)cc1.Cl.Cl.Cl. The van der Waals surface area contributed by atoms with Crippen molar-refractivity contribution in [2.45, 2.75) is 31.8 Å². The van der Waals surface area contributed by atoms with Crippen LogP contribution in [0.25, 0.3) is 0 Å². The summed E-state index contributed by atoms with van der Waals surface area (Å²) < 4.78 is 10.0. The molecule has 0 aromatic heterocycles. The first kappa shape index (κ1) is 28.2. The molecule has 0 aliphatic carbocycles. The number of benzene rings is 1. The molecule has 2 heterocycles. The third-order valence-electron chi connectivity index (χ3n) is 5.67. The van der Waals surface area contributed by atoms with Crippen LogP contribution in [0, 0.1) is 0 Å². The van der Waals surface area contributed by atoms with Crippen molar-refractivity contribution in [1.82, 2.24) is 15.1 Å². The first-order valence-electron chi connectivity index (χ1n) is 9.66. The van der Waals surface area contributed by atoms with Crippen molar-refractivity contribution in [1.29, 1.82) is 0 Å². The van der Waals surface area contributed by atoms with Crippen molar-refractivity contribution < 1.29 is 14.3 Å². The molecule has 29 heavy (non-hydrogen) atoms. The second kappa shape index (κ2) is 14.3. The average molecular weight is 471 g/mol. The van der Waals surface area contributed by atoms with Gasteiger partial charge in [-0.25, -0.2) is 4.79 Å². The first-order chi connectivity index (χ1) is 12.7. The quantitative estimate of drug-likeness (QED) is 0.645. The molecule has 168 valence electrons. The van der Waals surface area contributed by atoms with Crippen LogP contribution in [0.1, 0.15) is 31.4 Å². The zero-order chi connectivity index (χ0) is 18.4. The number of hydrogen-bond acceptors (Lipinski definition) is 6. The van der Waals surface area contributed by atoms with Crippen LogP contribution >= 0.6 is 37.2 Å². The van der Waals surface area contributed by atoms with Crippen LogP contribution in [0.15, 0.2) is 24.3 Å². The van der Waals surface area contributed by atoms with Crippen molar-refractivity contribution in [3.8, 4) is 5.75 Å². The highest BCUT2D eigenvalue weighted by atomic mass is 35.5. The van der Waals surface area contributed by atoms with E-state index in [0.29, 0.717) is 11.8 Å². The van der Waals surface area contributed by atoms with Crippen molar-refractivity contribution in [2.75, 3.05) is 53.0 Å². The predicted octanol–water partition coefficient (Wildman–Crippen LogP) is 2.93. The van der Waals surface area contributed by atoms with Gasteiger partial charge in [0.1, 0.15) is 5.75 Å². The van der Waals surface area contributed by atoms with Crippen molar-refractivity contribution in [3.05, 3.63) is 29.8 Å². The van der Waals surface area contributed by atoms with Gasteiger partial charge in [-0.15, -0.1) is 37.2 Å². The van der Waals surface area contributed by atoms with Gasteiger partial charge < -0.3 is 14.8 Å². The van der Waals surface area contributed by atoms with Crippen LogP contribution in [0.2, 0.25) is 0 Å². The number of methoxy groups -OCH3 is 1. The molecule has 1 atom stereocenters. The second-order valence-electron chi connectivity index (χ2n) is 7.16. The van der Waals surface area contributed by atoms with E-state index in [4.69, 9.17) is 4.74 Å². The van der Waals surface area contributed by atoms with E-state index in [2.05, 4.69) is 38.9 Å². The minimum Gasteiger partial charge on any atom is -0.482 e. The Balaban J connectivity index is 0.00000261. The molecule has 2 aliphatic rings. The summed E-state index contributed by atoms with van der Waals surface area (Å²) in [5.41, 5.74) is 1.28. The van der Waals surface area contributed by atoms with Gasteiger partial charge in [-0.1, -0.05) is 12.1 Å². The number of nitrogens with one attached hydrogen (secondary N) is 1. The van der Waals surface area contributed by atoms with Crippen LogP contribution in [-0.2, 0) is 9.53 Å². The maximum Gasteiger partial charge on any atom is 0.343 e. The molecule has 0 bridgehead atoms. The Morgan fingerprint density at radius 2 is 1.66 bits per heavy atom. The van der Waals surface area contributed by atoms with E-state index in [-0.39, 0.29) is 49.8 Å². The summed E-state index contributed by atoms with van der Waals surface area (Å²) in [6, 6.07) is 9.20. The Morgan fingerprint density at radius 3 is 2.21 bits per heavy atom. The molecule has 1 N–H and O–H groups in total. The minimum absolute atomic E-state index is 0.